The van der Waals surface area contributed by atoms with Crippen LogP contribution in [0, 0.1) is 0 Å². The van der Waals surface area contributed by atoms with Crippen molar-refractivity contribution in [1.29, 1.82) is 0 Å². The molecule has 1 amide bonds. The van der Waals surface area contributed by atoms with Crippen LogP contribution in [0.1, 0.15) is 35.2 Å². The minimum absolute atomic E-state index is 0.0658. The maximum Gasteiger partial charge on any atom is 0.246 e. The van der Waals surface area contributed by atoms with Crippen LogP contribution in [0.25, 0.3) is 6.08 Å². The SMILES string of the molecule is COc1ccc2c(c1)OC1(CCN(C(=O)/C=C/c3ccccc3Cl)CC1)CC2=O. The standard InChI is InChI=1S/C23H22ClNO4/c1-28-17-7-8-18-20(26)15-23(29-21(18)14-17)10-12-25(13-11-23)22(27)9-6-16-4-2-3-5-19(16)24/h2-9,14H,10-13,15H2,1H3/b9-6+. The third-order valence-electron chi connectivity index (χ3n) is 5.60. The Hall–Kier alpha value is -2.79. The van der Waals surface area contributed by atoms with Crippen molar-refractivity contribution in [2.24, 2.45) is 0 Å². The summed E-state index contributed by atoms with van der Waals surface area (Å²) in [4.78, 5) is 27.0. The van der Waals surface area contributed by atoms with E-state index in [0.717, 1.165) is 5.56 Å². The second kappa shape index (κ2) is 7.91. The summed E-state index contributed by atoms with van der Waals surface area (Å²) in [6, 6.07) is 12.7. The molecule has 5 nitrogen and oxygen atoms in total. The summed E-state index contributed by atoms with van der Waals surface area (Å²) in [5.74, 6) is 1.24. The largest absolute Gasteiger partial charge is 0.497 e. The molecular formula is C23H22ClNO4. The molecule has 0 aliphatic carbocycles. The number of likely N-dealkylation sites (tertiary alicyclic amines) is 1. The summed E-state index contributed by atoms with van der Waals surface area (Å²) in [5.41, 5.74) is 0.847. The lowest BCUT2D eigenvalue weighted by Gasteiger charge is -2.43. The highest BCUT2D eigenvalue weighted by Gasteiger charge is 2.43. The van der Waals surface area contributed by atoms with E-state index in [-0.39, 0.29) is 11.7 Å². The number of fused-ring (bicyclic) bond motifs is 1. The molecule has 2 aliphatic rings. The van der Waals surface area contributed by atoms with Crippen molar-refractivity contribution in [3.8, 4) is 11.5 Å². The van der Waals surface area contributed by atoms with E-state index in [2.05, 4.69) is 0 Å². The predicted molar refractivity (Wildman–Crippen MR) is 112 cm³/mol. The van der Waals surface area contributed by atoms with Crippen LogP contribution in [0.5, 0.6) is 11.5 Å². The normalized spacial score (nSPS) is 17.9. The fourth-order valence-corrected chi connectivity index (χ4v) is 4.09. The topological polar surface area (TPSA) is 55.8 Å². The number of hydrogen-bond acceptors (Lipinski definition) is 4. The third-order valence-corrected chi connectivity index (χ3v) is 5.94. The van der Waals surface area contributed by atoms with Crippen LogP contribution in [-0.2, 0) is 4.79 Å². The van der Waals surface area contributed by atoms with Crippen molar-refractivity contribution < 1.29 is 19.1 Å². The van der Waals surface area contributed by atoms with Crippen LogP contribution in [0.4, 0.5) is 0 Å². The van der Waals surface area contributed by atoms with E-state index < -0.39 is 5.60 Å². The molecule has 1 saturated heterocycles. The summed E-state index contributed by atoms with van der Waals surface area (Å²) < 4.78 is 11.5. The molecule has 1 spiro atoms. The molecule has 0 N–H and O–H groups in total. The minimum atomic E-state index is -0.556. The van der Waals surface area contributed by atoms with Crippen LogP contribution in [0.3, 0.4) is 0 Å². The Bertz CT molecular complexity index is 977. The number of methoxy groups -OCH3 is 1. The Morgan fingerprint density at radius 2 is 1.97 bits per heavy atom. The van der Waals surface area contributed by atoms with Gasteiger partial charge in [0.05, 0.1) is 19.1 Å². The van der Waals surface area contributed by atoms with Crippen molar-refractivity contribution in [2.75, 3.05) is 20.2 Å². The number of piperidine rings is 1. The average molecular weight is 412 g/mol. The highest BCUT2D eigenvalue weighted by atomic mass is 35.5. The molecule has 2 heterocycles. The van der Waals surface area contributed by atoms with Gasteiger partial charge in [0.2, 0.25) is 5.91 Å². The zero-order valence-corrected chi connectivity index (χ0v) is 16.9. The van der Waals surface area contributed by atoms with Gasteiger partial charge >= 0.3 is 0 Å². The Morgan fingerprint density at radius 3 is 2.69 bits per heavy atom. The van der Waals surface area contributed by atoms with Gasteiger partial charge in [-0.15, -0.1) is 0 Å². The number of amides is 1. The lowest BCUT2D eigenvalue weighted by molar-refractivity contribution is -0.129. The van der Waals surface area contributed by atoms with Crippen molar-refractivity contribution in [2.45, 2.75) is 24.9 Å². The number of halogens is 1. The zero-order valence-electron chi connectivity index (χ0n) is 16.2. The highest BCUT2D eigenvalue weighted by Crippen LogP contribution is 2.40. The first kappa shape index (κ1) is 19.5. The second-order valence-corrected chi connectivity index (χ2v) is 7.83. The maximum absolute atomic E-state index is 12.6. The Kier molecular flexibility index (Phi) is 5.33. The summed E-state index contributed by atoms with van der Waals surface area (Å²) in [6.07, 6.45) is 4.84. The lowest BCUT2D eigenvalue weighted by atomic mass is 9.82. The fourth-order valence-electron chi connectivity index (χ4n) is 3.89. The first-order valence-corrected chi connectivity index (χ1v) is 9.99. The van der Waals surface area contributed by atoms with Crippen LogP contribution in [0.2, 0.25) is 5.02 Å². The second-order valence-electron chi connectivity index (χ2n) is 7.43. The first-order valence-electron chi connectivity index (χ1n) is 9.61. The van der Waals surface area contributed by atoms with Gasteiger partial charge in [0.25, 0.3) is 0 Å². The van der Waals surface area contributed by atoms with Crippen molar-refractivity contribution in [3.05, 3.63) is 64.7 Å². The predicted octanol–water partition coefficient (Wildman–Crippen LogP) is 4.39. The molecule has 1 fully saturated rings. The number of carbonyl (C=O) groups excluding carboxylic acids is 2. The van der Waals surface area contributed by atoms with Gasteiger partial charge in [-0.25, -0.2) is 0 Å². The van der Waals surface area contributed by atoms with E-state index in [0.29, 0.717) is 54.4 Å². The molecule has 0 bridgehead atoms. The van der Waals surface area contributed by atoms with Crippen LogP contribution in [0.15, 0.2) is 48.5 Å². The molecular weight excluding hydrogens is 390 g/mol. The maximum atomic E-state index is 12.6. The fraction of sp³-hybridized carbons (Fsp3) is 0.304. The number of ether oxygens (including phenoxy) is 2. The molecule has 0 unspecified atom stereocenters. The molecule has 4 rings (SSSR count). The van der Waals surface area contributed by atoms with Crippen molar-refractivity contribution in [3.63, 3.8) is 0 Å². The van der Waals surface area contributed by atoms with E-state index in [1.165, 1.54) is 0 Å². The van der Waals surface area contributed by atoms with E-state index in [9.17, 15) is 9.59 Å². The van der Waals surface area contributed by atoms with Gasteiger partial charge in [0, 0.05) is 43.1 Å². The minimum Gasteiger partial charge on any atom is -0.497 e. The molecule has 2 aromatic carbocycles. The Morgan fingerprint density at radius 1 is 1.21 bits per heavy atom. The summed E-state index contributed by atoms with van der Waals surface area (Å²) in [6.45, 7) is 1.08. The first-order chi connectivity index (χ1) is 14.0. The number of ketones is 1. The molecule has 0 radical (unpaired) electrons. The van der Waals surface area contributed by atoms with Gasteiger partial charge in [0.15, 0.2) is 5.78 Å². The molecule has 0 saturated carbocycles. The van der Waals surface area contributed by atoms with E-state index in [1.54, 1.807) is 48.4 Å². The van der Waals surface area contributed by atoms with Crippen LogP contribution < -0.4 is 9.47 Å². The molecule has 150 valence electrons. The van der Waals surface area contributed by atoms with Gasteiger partial charge in [-0.2, -0.15) is 0 Å². The summed E-state index contributed by atoms with van der Waals surface area (Å²) in [5, 5.41) is 0.609. The molecule has 29 heavy (non-hydrogen) atoms. The molecule has 0 atom stereocenters. The van der Waals surface area contributed by atoms with Gasteiger partial charge in [-0.3, -0.25) is 9.59 Å². The zero-order chi connectivity index (χ0) is 20.4. The number of nitrogens with zero attached hydrogens (tertiary/aromatic N) is 1. The number of carbonyl (C=O) groups is 2. The van der Waals surface area contributed by atoms with Gasteiger partial charge in [0.1, 0.15) is 17.1 Å². The van der Waals surface area contributed by atoms with Gasteiger partial charge in [-0.1, -0.05) is 29.8 Å². The van der Waals surface area contributed by atoms with E-state index in [1.807, 2.05) is 18.2 Å². The van der Waals surface area contributed by atoms with E-state index >= 15 is 0 Å². The average Bonchev–Trinajstić information content (AvgIpc) is 2.73. The van der Waals surface area contributed by atoms with Crippen molar-refractivity contribution in [1.82, 2.24) is 4.90 Å². The van der Waals surface area contributed by atoms with Gasteiger partial charge in [-0.05, 0) is 29.8 Å². The highest BCUT2D eigenvalue weighted by molar-refractivity contribution is 6.32. The molecule has 0 aromatic heterocycles. The summed E-state index contributed by atoms with van der Waals surface area (Å²) in [7, 11) is 1.59. The smallest absolute Gasteiger partial charge is 0.246 e. The van der Waals surface area contributed by atoms with Crippen LogP contribution in [-0.4, -0.2) is 42.4 Å². The Labute approximate surface area is 174 Å². The number of hydrogen-bond donors (Lipinski definition) is 0. The van der Waals surface area contributed by atoms with Crippen LogP contribution >= 0.6 is 11.6 Å². The van der Waals surface area contributed by atoms with Crippen molar-refractivity contribution >= 4 is 29.4 Å². The number of rotatable bonds is 3. The molecule has 2 aliphatic heterocycles. The van der Waals surface area contributed by atoms with Gasteiger partial charge < -0.3 is 14.4 Å². The summed E-state index contributed by atoms with van der Waals surface area (Å²) >= 11 is 6.13. The third kappa shape index (κ3) is 4.01. The van der Waals surface area contributed by atoms with E-state index in [4.69, 9.17) is 21.1 Å². The lowest BCUT2D eigenvalue weighted by Crippen LogP contribution is -2.52. The Balaban J connectivity index is 1.43. The molecule has 6 heteroatoms. The quantitative estimate of drug-likeness (QED) is 0.703. The number of benzene rings is 2. The number of Topliss-reactive ketones (excluding diaryl/α,β-unsaturated/α-hetero) is 1. The monoisotopic (exact) mass is 411 g/mol. The molecule has 2 aromatic rings.